The summed E-state index contributed by atoms with van der Waals surface area (Å²) in [7, 11) is 1.24. The van der Waals surface area contributed by atoms with E-state index >= 15 is 0 Å². The van der Waals surface area contributed by atoms with Gasteiger partial charge in [0.2, 0.25) is 0 Å². The van der Waals surface area contributed by atoms with Crippen LogP contribution in [0.15, 0.2) is 29.6 Å². The van der Waals surface area contributed by atoms with E-state index in [-0.39, 0.29) is 65.0 Å². The number of ketones is 1. The Morgan fingerprint density at radius 3 is 2.37 bits per heavy atom. The Morgan fingerprint density at radius 1 is 1.04 bits per heavy atom. The van der Waals surface area contributed by atoms with Crippen LogP contribution in [0.1, 0.15) is 112 Å². The molecule has 1 saturated heterocycles. The second-order valence-electron chi connectivity index (χ2n) is 13.5. The summed E-state index contributed by atoms with van der Waals surface area (Å²) in [4.78, 5) is 67.6. The number of fused-ring (bicyclic) bond motifs is 7. The van der Waals surface area contributed by atoms with E-state index in [4.69, 9.17) is 24.4 Å². The fraction of sp³-hybridized carbons (Fsp3) is 0.350. The van der Waals surface area contributed by atoms with Crippen LogP contribution in [0.4, 0.5) is 0 Å². The zero-order chi connectivity index (χ0) is 36.9. The third kappa shape index (κ3) is 6.59. The van der Waals surface area contributed by atoms with Crippen LogP contribution < -0.4 is 31.0 Å². The molecule has 6 rings (SSSR count). The first kappa shape index (κ1) is 38.6. The molecule has 0 amide bonds. The van der Waals surface area contributed by atoms with E-state index in [1.807, 2.05) is 39.8 Å². The summed E-state index contributed by atoms with van der Waals surface area (Å²) < 4.78 is 10.6. The number of esters is 2. The standard InChI is InChI=1S/C40H42N4O7.Mg/c1-9-23-19(4)26-14-27-20(5)24(10-11-32(47)51-13-12-18(2)3)37(43-27)35-36(40(49)50-8)39(48)33-21(6)28(44-38(33)35)15-31-34(22(7)46)25(17-45)30(42-31)16-29(23)41-26;/h9,12,14-17,20,22,24,36,46H,1,10-11,13H2,2-8H3,(H2,43,44,45,48);/q-2;+2/p-1/b27-14-,30-16+;/t20-,22?,24-,36+;/m0./s1. The molecule has 3 aromatic rings. The second kappa shape index (κ2) is 15.1. The zero-order valence-electron chi connectivity index (χ0n) is 30.5. The number of nitrogens with zero attached hydrogens (tertiary/aromatic N) is 3. The summed E-state index contributed by atoms with van der Waals surface area (Å²) in [6, 6.07) is 0. The average molecular weight is 714 g/mol. The first-order valence-electron chi connectivity index (χ1n) is 16.9. The van der Waals surface area contributed by atoms with Gasteiger partial charge in [-0.1, -0.05) is 54.5 Å². The Labute approximate surface area is 318 Å². The quantitative estimate of drug-likeness (QED) is 0.110. The van der Waals surface area contributed by atoms with Gasteiger partial charge < -0.3 is 34.8 Å². The Balaban J connectivity index is 0.00000523. The molecule has 1 fully saturated rings. The normalized spacial score (nSPS) is 22.7. The molecule has 2 N–H and O–H groups in total. The number of aliphatic hydroxyl groups excluding tert-OH is 1. The van der Waals surface area contributed by atoms with Crippen LogP contribution in [0.25, 0.3) is 29.9 Å². The Kier molecular flexibility index (Phi) is 11.2. The minimum atomic E-state index is -1.27. The number of hydrogen-bond acceptors (Lipinski definition) is 8. The summed E-state index contributed by atoms with van der Waals surface area (Å²) in [6.45, 7) is 15.3. The number of aromatic nitrogens is 3. The van der Waals surface area contributed by atoms with E-state index in [2.05, 4.69) is 11.9 Å². The fourth-order valence-electron chi connectivity index (χ4n) is 7.37. The van der Waals surface area contributed by atoms with Gasteiger partial charge in [-0.2, -0.15) is 0 Å². The molecule has 0 spiro atoms. The van der Waals surface area contributed by atoms with Gasteiger partial charge in [0.25, 0.3) is 0 Å². The Morgan fingerprint density at radius 2 is 1.73 bits per heavy atom. The van der Waals surface area contributed by atoms with Crippen molar-refractivity contribution in [3.8, 4) is 0 Å². The van der Waals surface area contributed by atoms with Crippen molar-refractivity contribution in [2.45, 2.75) is 60.5 Å². The number of Topliss-reactive ketones (excluding diaryl/α,β-unsaturated/α-hetero) is 1. The molecule has 266 valence electrons. The predicted octanol–water partition coefficient (Wildman–Crippen LogP) is 3.16. The first-order valence-corrected chi connectivity index (χ1v) is 16.9. The van der Waals surface area contributed by atoms with E-state index in [1.165, 1.54) is 7.11 Å². The van der Waals surface area contributed by atoms with Gasteiger partial charge in [0, 0.05) is 40.8 Å². The number of ether oxygens (including phenoxy) is 2. The van der Waals surface area contributed by atoms with Crippen molar-refractivity contribution >= 4 is 76.9 Å². The Hall–Kier alpha value is -4.65. The van der Waals surface area contributed by atoms with Crippen LogP contribution in [0.2, 0.25) is 0 Å². The van der Waals surface area contributed by atoms with Crippen molar-refractivity contribution in [3.05, 3.63) is 96.5 Å². The topological polar surface area (TPSA) is 161 Å². The maximum absolute atomic E-state index is 14.2. The largest absolute Gasteiger partial charge is 2.00 e. The molecule has 0 saturated carbocycles. The second-order valence-corrected chi connectivity index (χ2v) is 13.5. The molecular formula is C40H41MgN4O7-. The van der Waals surface area contributed by atoms with E-state index in [0.29, 0.717) is 68.6 Å². The average Bonchev–Trinajstić information content (AvgIpc) is 3.83. The molecule has 12 heteroatoms. The number of allylic oxidation sites excluding steroid dienone is 3. The van der Waals surface area contributed by atoms with Crippen molar-refractivity contribution in [3.63, 3.8) is 0 Å². The number of aldehydes is 1. The maximum Gasteiger partial charge on any atom is 2.00 e. The molecule has 0 aromatic carbocycles. The van der Waals surface area contributed by atoms with E-state index < -0.39 is 23.8 Å². The number of rotatable bonds is 9. The monoisotopic (exact) mass is 713 g/mol. The maximum atomic E-state index is 14.2. The molecule has 0 radical (unpaired) electrons. The summed E-state index contributed by atoms with van der Waals surface area (Å²) in [5.74, 6) is -3.32. The number of nitrogens with one attached hydrogen (secondary N) is 1. The van der Waals surface area contributed by atoms with Gasteiger partial charge in [-0.25, -0.2) is 0 Å². The number of aliphatic hydroxyl groups is 1. The van der Waals surface area contributed by atoms with Crippen LogP contribution in [-0.4, -0.2) is 65.9 Å². The van der Waals surface area contributed by atoms with Crippen LogP contribution in [0, 0.1) is 31.6 Å². The van der Waals surface area contributed by atoms with Crippen molar-refractivity contribution in [1.82, 2.24) is 20.3 Å². The summed E-state index contributed by atoms with van der Waals surface area (Å²) in [6.07, 6.45) is 8.89. The third-order valence-corrected chi connectivity index (χ3v) is 10.1. The predicted molar refractivity (Wildman–Crippen MR) is 197 cm³/mol. The third-order valence-electron chi connectivity index (χ3n) is 10.1. The van der Waals surface area contributed by atoms with Crippen molar-refractivity contribution < 1.29 is 33.8 Å². The minimum Gasteiger partial charge on any atom is -0.657 e. The molecule has 1 unspecified atom stereocenters. The van der Waals surface area contributed by atoms with Crippen LogP contribution in [0.5, 0.6) is 0 Å². The van der Waals surface area contributed by atoms with Crippen molar-refractivity contribution in [2.24, 2.45) is 17.8 Å². The molecule has 4 atom stereocenters. The van der Waals surface area contributed by atoms with Gasteiger partial charge in [0.05, 0.1) is 13.2 Å². The van der Waals surface area contributed by atoms with Gasteiger partial charge >= 0.3 is 35.0 Å². The molecule has 3 aromatic heterocycles. The van der Waals surface area contributed by atoms with Gasteiger partial charge in [0.15, 0.2) is 5.78 Å². The van der Waals surface area contributed by atoms with Gasteiger partial charge in [-0.3, -0.25) is 19.2 Å². The van der Waals surface area contributed by atoms with Gasteiger partial charge in [0.1, 0.15) is 18.8 Å². The molecule has 5 heterocycles. The fourth-order valence-corrected chi connectivity index (χ4v) is 7.37. The zero-order valence-corrected chi connectivity index (χ0v) is 32.0. The van der Waals surface area contributed by atoms with E-state index in [1.54, 1.807) is 32.1 Å². The number of methoxy groups -OCH3 is 1. The number of carbonyl (C=O) groups is 4. The molecule has 2 aliphatic heterocycles. The van der Waals surface area contributed by atoms with Crippen LogP contribution >= 0.6 is 0 Å². The first-order chi connectivity index (χ1) is 24.3. The number of carbonyl (C=O) groups excluding carboxylic acids is 4. The minimum absolute atomic E-state index is 0. The molecule has 11 nitrogen and oxygen atoms in total. The van der Waals surface area contributed by atoms with Gasteiger partial charge in [-0.05, 0) is 63.8 Å². The van der Waals surface area contributed by atoms with Crippen molar-refractivity contribution in [1.29, 1.82) is 0 Å². The van der Waals surface area contributed by atoms with Gasteiger partial charge in [-0.15, -0.1) is 33.5 Å². The van der Waals surface area contributed by atoms with Crippen LogP contribution in [0.3, 0.4) is 0 Å². The van der Waals surface area contributed by atoms with Crippen LogP contribution in [-0.2, 0) is 19.1 Å². The molecule has 3 aliphatic rings. The summed E-state index contributed by atoms with van der Waals surface area (Å²) >= 11 is 0. The molecule has 8 bridgehead atoms. The summed E-state index contributed by atoms with van der Waals surface area (Å²) in [5.41, 5.74) is 7.68. The SMILES string of the molecule is C=Cc1c2[n-]c(c1C)/C=C1\N/C(=C3\c4[n-]c(c(C)c4C(=O)[C@@H]3C(=O)OC)/C=c3/[n-]/c(c(C=O)c3C(C)O)=C/2)[C@@H](CCC(=O)OCC=C(C)C)[C@@H]1C.[Mg+2]. The smallest absolute Gasteiger partial charge is 0.657 e. The molecule has 52 heavy (non-hydrogen) atoms. The number of hydrogen-bond donors (Lipinski definition) is 2. The van der Waals surface area contributed by atoms with E-state index in [0.717, 1.165) is 22.4 Å². The van der Waals surface area contributed by atoms with Crippen molar-refractivity contribution in [2.75, 3.05) is 13.7 Å². The Bertz CT molecular complexity index is 2220. The molecular weight excluding hydrogens is 673 g/mol. The van der Waals surface area contributed by atoms with E-state index in [9.17, 15) is 24.3 Å². The summed E-state index contributed by atoms with van der Waals surface area (Å²) in [5, 5.41) is 15.0. The molecule has 1 aliphatic carbocycles.